The molecule has 1 saturated carbocycles. The van der Waals surface area contributed by atoms with Gasteiger partial charge in [-0.25, -0.2) is 15.0 Å². The summed E-state index contributed by atoms with van der Waals surface area (Å²) in [6.45, 7) is 3.35. The minimum Gasteiger partial charge on any atom is -0.489 e. The summed E-state index contributed by atoms with van der Waals surface area (Å²) in [7, 11) is 1.72. The van der Waals surface area contributed by atoms with E-state index in [1.54, 1.807) is 25.8 Å². The molecule has 2 aromatic heterocycles. The molecular formula is C21H24F3N5O3. The van der Waals surface area contributed by atoms with Gasteiger partial charge in [0, 0.05) is 13.5 Å². The van der Waals surface area contributed by atoms with Gasteiger partial charge in [0.05, 0.1) is 24.1 Å². The number of halogens is 3. The van der Waals surface area contributed by atoms with Crippen LogP contribution in [0.4, 0.5) is 24.7 Å². The molecule has 2 N–H and O–H groups in total. The molecule has 4 rings (SSSR count). The standard InChI is InChI=1S/C21H24F3N5O3/c1-10-17-19(29(3)18(11(2)30)20(31)28-17)27-16(26-10)8-12-6-14(7-12)32-13-4-5-15(25-9-13)21(22,23)24/h4-5,9,11-12,14,18,30H,6-8H2,1-3H3,(H,28,31)/t11-,12?,14?,18+/m1/s1. The zero-order valence-electron chi connectivity index (χ0n) is 17.8. The van der Waals surface area contributed by atoms with Gasteiger partial charge in [-0.2, -0.15) is 13.2 Å². The van der Waals surface area contributed by atoms with Crippen LogP contribution in [0.1, 0.15) is 37.0 Å². The Bertz CT molecular complexity index is 1010. The average molecular weight is 451 g/mol. The molecule has 0 aromatic carbocycles. The molecule has 172 valence electrons. The van der Waals surface area contributed by atoms with E-state index >= 15 is 0 Å². The number of carbonyl (C=O) groups excluding carboxylic acids is 1. The molecule has 0 bridgehead atoms. The number of aromatic nitrogens is 3. The van der Waals surface area contributed by atoms with Gasteiger partial charge in [-0.15, -0.1) is 0 Å². The Morgan fingerprint density at radius 1 is 1.31 bits per heavy atom. The normalized spacial score (nSPS) is 23.8. The summed E-state index contributed by atoms with van der Waals surface area (Å²) in [4.78, 5) is 26.5. The molecule has 8 nitrogen and oxygen atoms in total. The lowest BCUT2D eigenvalue weighted by Gasteiger charge is -2.37. The van der Waals surface area contributed by atoms with Crippen molar-refractivity contribution < 1.29 is 27.8 Å². The number of nitrogens with zero attached hydrogens (tertiary/aromatic N) is 4. The van der Waals surface area contributed by atoms with Crippen LogP contribution in [-0.2, 0) is 17.4 Å². The highest BCUT2D eigenvalue weighted by molar-refractivity contribution is 6.03. The van der Waals surface area contributed by atoms with Crippen LogP contribution in [-0.4, -0.2) is 51.3 Å². The topological polar surface area (TPSA) is 100 Å². The second-order valence-corrected chi connectivity index (χ2v) is 8.37. The smallest absolute Gasteiger partial charge is 0.433 e. The number of carbonyl (C=O) groups is 1. The molecule has 11 heteroatoms. The number of hydrogen-bond donors (Lipinski definition) is 2. The number of hydrogen-bond acceptors (Lipinski definition) is 7. The number of pyridine rings is 1. The quantitative estimate of drug-likeness (QED) is 0.721. The lowest BCUT2D eigenvalue weighted by molar-refractivity contribution is -0.141. The van der Waals surface area contributed by atoms with Crippen molar-refractivity contribution in [2.24, 2.45) is 5.92 Å². The molecule has 2 aromatic rings. The van der Waals surface area contributed by atoms with Crippen molar-refractivity contribution in [3.63, 3.8) is 0 Å². The predicted octanol–water partition coefficient (Wildman–Crippen LogP) is 2.74. The van der Waals surface area contributed by atoms with E-state index in [1.807, 2.05) is 0 Å². The number of aliphatic hydroxyl groups is 1. The lowest BCUT2D eigenvalue weighted by atomic mass is 9.80. The van der Waals surface area contributed by atoms with Crippen molar-refractivity contribution in [2.75, 3.05) is 17.3 Å². The zero-order valence-corrected chi connectivity index (χ0v) is 17.8. The number of aliphatic hydroxyl groups excluding tert-OH is 1. The fraction of sp³-hybridized carbons (Fsp3) is 0.524. The van der Waals surface area contributed by atoms with Gasteiger partial charge in [0.25, 0.3) is 0 Å². The average Bonchev–Trinajstić information content (AvgIpc) is 2.67. The van der Waals surface area contributed by atoms with Crippen LogP contribution in [0, 0.1) is 12.8 Å². The van der Waals surface area contributed by atoms with Crippen molar-refractivity contribution in [3.05, 3.63) is 35.5 Å². The summed E-state index contributed by atoms with van der Waals surface area (Å²) in [5.41, 5.74) is 0.246. The number of aryl methyl sites for hydroxylation is 1. The second kappa shape index (κ2) is 8.19. The highest BCUT2D eigenvalue weighted by Gasteiger charge is 2.37. The number of fused-ring (bicyclic) bond motifs is 1. The first-order valence-electron chi connectivity index (χ1n) is 10.3. The van der Waals surface area contributed by atoms with Crippen molar-refractivity contribution in [1.82, 2.24) is 15.0 Å². The maximum atomic E-state index is 12.6. The number of rotatable bonds is 5. The van der Waals surface area contributed by atoms with E-state index in [9.17, 15) is 23.1 Å². The third-order valence-corrected chi connectivity index (χ3v) is 5.84. The van der Waals surface area contributed by atoms with Gasteiger partial charge in [0.15, 0.2) is 5.82 Å². The van der Waals surface area contributed by atoms with E-state index in [0.29, 0.717) is 35.2 Å². The molecule has 0 saturated heterocycles. The van der Waals surface area contributed by atoms with Gasteiger partial charge < -0.3 is 20.1 Å². The van der Waals surface area contributed by atoms with Gasteiger partial charge in [0.1, 0.15) is 29.0 Å². The highest BCUT2D eigenvalue weighted by Crippen LogP contribution is 2.36. The summed E-state index contributed by atoms with van der Waals surface area (Å²) in [5, 5.41) is 12.7. The van der Waals surface area contributed by atoms with Crippen molar-refractivity contribution >= 4 is 17.4 Å². The van der Waals surface area contributed by atoms with Crippen LogP contribution in [0.3, 0.4) is 0 Å². The fourth-order valence-corrected chi connectivity index (χ4v) is 4.16. The monoisotopic (exact) mass is 451 g/mol. The molecule has 0 unspecified atom stereocenters. The second-order valence-electron chi connectivity index (χ2n) is 8.37. The Labute approximate surface area is 182 Å². The van der Waals surface area contributed by atoms with E-state index in [0.717, 1.165) is 25.1 Å². The number of alkyl halides is 3. The summed E-state index contributed by atoms with van der Waals surface area (Å²) in [6.07, 6.45) is -2.28. The maximum Gasteiger partial charge on any atom is 0.433 e. The Hall–Kier alpha value is -2.95. The molecule has 0 radical (unpaired) electrons. The molecule has 32 heavy (non-hydrogen) atoms. The minimum atomic E-state index is -4.47. The van der Waals surface area contributed by atoms with Crippen LogP contribution in [0.25, 0.3) is 0 Å². The molecule has 2 atom stereocenters. The first kappa shape index (κ1) is 22.3. The fourth-order valence-electron chi connectivity index (χ4n) is 4.16. The number of amides is 1. The third-order valence-electron chi connectivity index (χ3n) is 5.84. The van der Waals surface area contributed by atoms with Gasteiger partial charge in [-0.3, -0.25) is 4.79 Å². The van der Waals surface area contributed by atoms with Crippen molar-refractivity contribution in [2.45, 2.75) is 57.5 Å². The Balaban J connectivity index is 1.37. The summed E-state index contributed by atoms with van der Waals surface area (Å²) >= 11 is 0. The summed E-state index contributed by atoms with van der Waals surface area (Å²) < 4.78 is 43.5. The van der Waals surface area contributed by atoms with Gasteiger partial charge >= 0.3 is 6.18 Å². The van der Waals surface area contributed by atoms with Crippen LogP contribution in [0.2, 0.25) is 0 Å². The number of likely N-dealkylation sites (N-methyl/N-ethyl adjacent to an activating group) is 1. The Morgan fingerprint density at radius 2 is 2.03 bits per heavy atom. The molecule has 0 spiro atoms. The summed E-state index contributed by atoms with van der Waals surface area (Å²) in [6, 6.07) is 1.45. The molecule has 1 aliphatic heterocycles. The van der Waals surface area contributed by atoms with Gasteiger partial charge in [0.2, 0.25) is 5.91 Å². The van der Waals surface area contributed by atoms with Crippen molar-refractivity contribution in [1.29, 1.82) is 0 Å². The van der Waals surface area contributed by atoms with E-state index < -0.39 is 24.0 Å². The molecule has 1 amide bonds. The minimum absolute atomic E-state index is 0.0983. The van der Waals surface area contributed by atoms with Gasteiger partial charge in [-0.05, 0) is 44.7 Å². The largest absolute Gasteiger partial charge is 0.489 e. The number of nitrogens with one attached hydrogen (secondary N) is 1. The molecule has 3 heterocycles. The van der Waals surface area contributed by atoms with Crippen LogP contribution >= 0.6 is 0 Å². The van der Waals surface area contributed by atoms with E-state index in [1.165, 1.54) is 6.07 Å². The van der Waals surface area contributed by atoms with E-state index in [4.69, 9.17) is 4.74 Å². The lowest BCUT2D eigenvalue weighted by Crippen LogP contribution is -2.52. The molecular weight excluding hydrogens is 427 g/mol. The molecule has 1 fully saturated rings. The van der Waals surface area contributed by atoms with Crippen LogP contribution in [0.5, 0.6) is 5.75 Å². The van der Waals surface area contributed by atoms with Crippen molar-refractivity contribution in [3.8, 4) is 5.75 Å². The zero-order chi connectivity index (χ0) is 23.2. The van der Waals surface area contributed by atoms with Crippen LogP contribution in [0.15, 0.2) is 18.3 Å². The van der Waals surface area contributed by atoms with E-state index in [2.05, 4.69) is 20.3 Å². The first-order chi connectivity index (χ1) is 15.0. The maximum absolute atomic E-state index is 12.6. The highest BCUT2D eigenvalue weighted by atomic mass is 19.4. The number of anilines is 2. The number of ether oxygens (including phenoxy) is 1. The third kappa shape index (κ3) is 4.34. The van der Waals surface area contributed by atoms with Gasteiger partial charge in [-0.1, -0.05) is 0 Å². The molecule has 1 aliphatic carbocycles. The summed E-state index contributed by atoms with van der Waals surface area (Å²) in [5.74, 6) is 1.49. The Kier molecular flexibility index (Phi) is 5.70. The first-order valence-corrected chi connectivity index (χ1v) is 10.3. The van der Waals surface area contributed by atoms with E-state index in [-0.39, 0.29) is 17.9 Å². The Morgan fingerprint density at radius 3 is 2.62 bits per heavy atom. The molecule has 2 aliphatic rings. The predicted molar refractivity (Wildman–Crippen MR) is 109 cm³/mol. The van der Waals surface area contributed by atoms with Crippen LogP contribution < -0.4 is 15.0 Å². The SMILES string of the molecule is Cc1nc(CC2CC(Oc3ccc(C(F)(F)F)nc3)C2)nc2c1NC(=O)[C@H]([C@@H](C)O)N2C.